The van der Waals surface area contributed by atoms with Gasteiger partial charge in [0.05, 0.1) is 23.6 Å². The van der Waals surface area contributed by atoms with Crippen LogP contribution in [0.3, 0.4) is 0 Å². The Balaban J connectivity index is 2.03. The molecule has 2 rings (SSSR count). The lowest BCUT2D eigenvalue weighted by atomic mass is 10.3. The van der Waals surface area contributed by atoms with Crippen molar-refractivity contribution < 1.29 is 14.7 Å². The summed E-state index contributed by atoms with van der Waals surface area (Å²) in [6.45, 7) is 2.36. The molecular weight excluding hydrogens is 286 g/mol. The van der Waals surface area contributed by atoms with Gasteiger partial charge in [-0.05, 0) is 6.92 Å². The number of hydrogen-bond donors (Lipinski definition) is 1. The van der Waals surface area contributed by atoms with Crippen molar-refractivity contribution in [3.63, 3.8) is 0 Å². The van der Waals surface area contributed by atoms with Gasteiger partial charge in [-0.25, -0.2) is 14.6 Å². The first-order chi connectivity index (χ1) is 9.00. The molecule has 0 bridgehead atoms. The average molecular weight is 301 g/mol. The van der Waals surface area contributed by atoms with Gasteiger partial charge in [-0.15, -0.1) is 23.1 Å². The molecule has 2 amide bonds. The molecule has 8 heteroatoms. The zero-order valence-electron chi connectivity index (χ0n) is 10.7. The third-order valence-electron chi connectivity index (χ3n) is 2.97. The van der Waals surface area contributed by atoms with Crippen molar-refractivity contribution >= 4 is 35.1 Å². The number of hydrogen-bond acceptors (Lipinski definition) is 5. The van der Waals surface area contributed by atoms with Crippen LogP contribution in [0.2, 0.25) is 0 Å². The molecule has 6 nitrogen and oxygen atoms in total. The van der Waals surface area contributed by atoms with Crippen LogP contribution in [-0.4, -0.2) is 56.6 Å². The summed E-state index contributed by atoms with van der Waals surface area (Å²) in [6.07, 6.45) is 0. The maximum atomic E-state index is 12.3. The van der Waals surface area contributed by atoms with Crippen molar-refractivity contribution in [2.75, 3.05) is 18.7 Å². The Morgan fingerprint density at radius 2 is 2.37 bits per heavy atom. The van der Waals surface area contributed by atoms with Gasteiger partial charge in [-0.1, -0.05) is 0 Å². The van der Waals surface area contributed by atoms with Gasteiger partial charge in [-0.3, -0.25) is 0 Å². The number of carboxylic acids is 1. The minimum Gasteiger partial charge on any atom is -0.480 e. The smallest absolute Gasteiger partial charge is 0.327 e. The Bertz CT molecular complexity index is 491. The minimum absolute atomic E-state index is 0.245. The molecule has 0 saturated carbocycles. The zero-order valence-corrected chi connectivity index (χ0v) is 12.3. The molecule has 1 aromatic heterocycles. The number of aryl methyl sites for hydroxylation is 1. The Labute approximate surface area is 119 Å². The van der Waals surface area contributed by atoms with Gasteiger partial charge in [0.15, 0.2) is 0 Å². The van der Waals surface area contributed by atoms with Gasteiger partial charge in [0.25, 0.3) is 0 Å². The summed E-state index contributed by atoms with van der Waals surface area (Å²) in [4.78, 5) is 31.4. The molecule has 104 valence electrons. The number of thiazole rings is 1. The lowest BCUT2D eigenvalue weighted by molar-refractivity contribution is -0.140. The molecule has 0 radical (unpaired) electrons. The predicted octanol–water partition coefficient (Wildman–Crippen LogP) is 1.46. The molecule has 1 aromatic rings. The molecular formula is C11H15N3O3S2. The van der Waals surface area contributed by atoms with E-state index in [1.165, 1.54) is 28.0 Å². The largest absolute Gasteiger partial charge is 0.480 e. The fourth-order valence-corrected chi connectivity index (χ4v) is 3.78. The second-order valence-electron chi connectivity index (χ2n) is 4.32. The van der Waals surface area contributed by atoms with Crippen molar-refractivity contribution in [2.24, 2.45) is 0 Å². The Morgan fingerprint density at radius 1 is 1.63 bits per heavy atom. The number of aromatic nitrogens is 1. The predicted molar refractivity (Wildman–Crippen MR) is 74.3 cm³/mol. The van der Waals surface area contributed by atoms with E-state index >= 15 is 0 Å². The Hall–Kier alpha value is -1.28. The normalized spacial score (nSPS) is 18.6. The number of rotatable bonds is 3. The number of carbonyl (C=O) groups is 2. The summed E-state index contributed by atoms with van der Waals surface area (Å²) >= 11 is 2.96. The highest BCUT2D eigenvalue weighted by Gasteiger charge is 2.36. The van der Waals surface area contributed by atoms with E-state index < -0.39 is 12.0 Å². The summed E-state index contributed by atoms with van der Waals surface area (Å²) in [7, 11) is 1.68. The van der Waals surface area contributed by atoms with E-state index in [1.807, 2.05) is 6.92 Å². The first-order valence-corrected chi connectivity index (χ1v) is 7.75. The van der Waals surface area contributed by atoms with Crippen LogP contribution in [0.15, 0.2) is 5.51 Å². The van der Waals surface area contributed by atoms with Gasteiger partial charge in [0, 0.05) is 17.7 Å². The van der Waals surface area contributed by atoms with Gasteiger partial charge < -0.3 is 14.9 Å². The molecule has 1 aliphatic rings. The lowest BCUT2D eigenvalue weighted by Gasteiger charge is -2.26. The first-order valence-electron chi connectivity index (χ1n) is 5.72. The molecule has 19 heavy (non-hydrogen) atoms. The van der Waals surface area contributed by atoms with Crippen LogP contribution in [0.1, 0.15) is 10.6 Å². The summed E-state index contributed by atoms with van der Waals surface area (Å²) in [5.41, 5.74) is 2.66. The van der Waals surface area contributed by atoms with Crippen LogP contribution in [-0.2, 0) is 11.3 Å². The van der Waals surface area contributed by atoms with Gasteiger partial charge >= 0.3 is 12.0 Å². The number of nitrogens with zero attached hydrogens (tertiary/aromatic N) is 3. The number of carbonyl (C=O) groups excluding carboxylic acids is 1. The van der Waals surface area contributed by atoms with Crippen molar-refractivity contribution in [1.29, 1.82) is 0 Å². The number of urea groups is 1. The summed E-state index contributed by atoms with van der Waals surface area (Å²) in [5, 5.41) is 9.08. The topological polar surface area (TPSA) is 73.7 Å². The third-order valence-corrected chi connectivity index (χ3v) is 4.90. The van der Waals surface area contributed by atoms with Crippen LogP contribution in [0.4, 0.5) is 4.79 Å². The molecule has 1 aliphatic heterocycles. The number of amides is 2. The first kappa shape index (κ1) is 14.1. The Morgan fingerprint density at radius 3 is 2.95 bits per heavy atom. The molecule has 0 aromatic carbocycles. The fourth-order valence-electron chi connectivity index (χ4n) is 1.82. The zero-order chi connectivity index (χ0) is 14.0. The van der Waals surface area contributed by atoms with Gasteiger partial charge in [0.1, 0.15) is 6.04 Å². The van der Waals surface area contributed by atoms with Crippen LogP contribution in [0.25, 0.3) is 0 Å². The van der Waals surface area contributed by atoms with E-state index in [2.05, 4.69) is 4.98 Å². The van der Waals surface area contributed by atoms with Gasteiger partial charge in [-0.2, -0.15) is 0 Å². The molecule has 0 spiro atoms. The summed E-state index contributed by atoms with van der Waals surface area (Å²) in [5.74, 6) is -0.0585. The third kappa shape index (κ3) is 3.01. The Kier molecular flexibility index (Phi) is 4.31. The quantitative estimate of drug-likeness (QED) is 0.915. The molecule has 2 heterocycles. The van der Waals surface area contributed by atoms with E-state index in [1.54, 1.807) is 17.5 Å². The summed E-state index contributed by atoms with van der Waals surface area (Å²) in [6, 6.07) is -0.965. The lowest BCUT2D eigenvalue weighted by Crippen LogP contribution is -2.47. The molecule has 1 N–H and O–H groups in total. The summed E-state index contributed by atoms with van der Waals surface area (Å²) < 4.78 is 0. The molecule has 1 fully saturated rings. The molecule has 0 aliphatic carbocycles. The van der Waals surface area contributed by atoms with Crippen molar-refractivity contribution in [2.45, 2.75) is 19.5 Å². The molecule has 0 unspecified atom stereocenters. The maximum Gasteiger partial charge on any atom is 0.327 e. The highest BCUT2D eigenvalue weighted by molar-refractivity contribution is 7.99. The van der Waals surface area contributed by atoms with Crippen molar-refractivity contribution in [1.82, 2.24) is 14.8 Å². The SMILES string of the molecule is Cc1ncsc1CN(C)C(=O)N1CSC[C@H]1C(=O)O. The highest BCUT2D eigenvalue weighted by atomic mass is 32.2. The fraction of sp³-hybridized carbons (Fsp3) is 0.545. The van der Waals surface area contributed by atoms with Crippen LogP contribution in [0.5, 0.6) is 0 Å². The number of aliphatic carboxylic acids is 1. The second-order valence-corrected chi connectivity index (χ2v) is 6.26. The van der Waals surface area contributed by atoms with E-state index in [0.717, 1.165) is 10.6 Å². The van der Waals surface area contributed by atoms with Crippen LogP contribution in [0, 0.1) is 6.92 Å². The minimum atomic E-state index is -0.944. The van der Waals surface area contributed by atoms with E-state index in [0.29, 0.717) is 18.2 Å². The highest BCUT2D eigenvalue weighted by Crippen LogP contribution is 2.23. The number of thioether (sulfide) groups is 1. The number of carboxylic acid groups (broad SMARTS) is 1. The van der Waals surface area contributed by atoms with Crippen LogP contribution < -0.4 is 0 Å². The van der Waals surface area contributed by atoms with Crippen molar-refractivity contribution in [3.05, 3.63) is 16.1 Å². The molecule has 1 atom stereocenters. The second kappa shape index (κ2) is 5.79. The maximum absolute atomic E-state index is 12.3. The van der Waals surface area contributed by atoms with Crippen LogP contribution >= 0.6 is 23.1 Å². The average Bonchev–Trinajstić information content (AvgIpc) is 2.98. The molecule has 1 saturated heterocycles. The van der Waals surface area contributed by atoms with E-state index in [9.17, 15) is 9.59 Å². The van der Waals surface area contributed by atoms with Crippen molar-refractivity contribution in [3.8, 4) is 0 Å². The standard InChI is InChI=1S/C11H15N3O3S2/c1-7-9(19-5-12-7)3-13(2)11(17)14-6-18-4-8(14)10(15)16/h5,8H,3-4,6H2,1-2H3,(H,15,16)/t8-/m0/s1. The monoisotopic (exact) mass is 301 g/mol. The van der Waals surface area contributed by atoms with E-state index in [-0.39, 0.29) is 6.03 Å². The van der Waals surface area contributed by atoms with Gasteiger partial charge in [0.2, 0.25) is 0 Å². The van der Waals surface area contributed by atoms with E-state index in [4.69, 9.17) is 5.11 Å².